The molecule has 8 heteroatoms. The van der Waals surface area contributed by atoms with Crippen molar-refractivity contribution in [3.63, 3.8) is 0 Å². The molecule has 2 heterocycles. The van der Waals surface area contributed by atoms with Crippen LogP contribution in [0.25, 0.3) is 16.7 Å². The maximum Gasteiger partial charge on any atom is 0.306 e. The molecular weight excluding hydrogens is 394 g/mol. The molecule has 168 valence electrons. The zero-order valence-electron chi connectivity index (χ0n) is 19.4. The number of esters is 1. The van der Waals surface area contributed by atoms with Crippen molar-refractivity contribution in [3.8, 4) is 5.75 Å². The number of carbonyl (C=O) groups is 1. The number of carbonyl (C=O) groups excluding carboxylic acids is 1. The zero-order chi connectivity index (χ0) is 22.6. The fourth-order valence-corrected chi connectivity index (χ4v) is 3.39. The largest absolute Gasteiger partial charge is 0.491 e. The van der Waals surface area contributed by atoms with Gasteiger partial charge in [0.25, 0.3) is 0 Å². The van der Waals surface area contributed by atoms with E-state index in [0.717, 1.165) is 48.4 Å². The van der Waals surface area contributed by atoms with Crippen molar-refractivity contribution in [3.05, 3.63) is 24.0 Å². The van der Waals surface area contributed by atoms with Crippen molar-refractivity contribution in [2.24, 2.45) is 0 Å². The molecule has 0 saturated carbocycles. The number of hydrogen-bond acceptors (Lipinski definition) is 7. The van der Waals surface area contributed by atoms with Crippen molar-refractivity contribution < 1.29 is 14.3 Å². The Bertz CT molecular complexity index is 1050. The monoisotopic (exact) mass is 427 g/mol. The highest BCUT2D eigenvalue weighted by atomic mass is 16.6. The van der Waals surface area contributed by atoms with Gasteiger partial charge in [0.1, 0.15) is 17.2 Å². The van der Waals surface area contributed by atoms with E-state index in [1.165, 1.54) is 0 Å². The van der Waals surface area contributed by atoms with Gasteiger partial charge in [-0.2, -0.15) is 0 Å². The molecule has 0 spiro atoms. The SMILES string of the molecule is Cc1nnc2c(NCCCCCC(=O)OC(C)(C)C)nc3cc(OC(C)C)ccc3n12. The Balaban J connectivity index is 1.65. The number of unbranched alkanes of at least 4 members (excludes halogenated alkanes) is 2. The molecule has 0 bridgehead atoms. The Morgan fingerprint density at radius 1 is 1.16 bits per heavy atom. The van der Waals surface area contributed by atoms with E-state index in [1.54, 1.807) is 0 Å². The molecule has 0 unspecified atom stereocenters. The van der Waals surface area contributed by atoms with Crippen molar-refractivity contribution in [2.45, 2.75) is 78.9 Å². The van der Waals surface area contributed by atoms with Gasteiger partial charge >= 0.3 is 5.97 Å². The minimum absolute atomic E-state index is 0.0936. The number of aromatic nitrogens is 4. The van der Waals surface area contributed by atoms with Gasteiger partial charge in [-0.25, -0.2) is 4.98 Å². The third kappa shape index (κ3) is 6.06. The summed E-state index contributed by atoms with van der Waals surface area (Å²) in [4.78, 5) is 16.6. The number of ether oxygens (including phenoxy) is 2. The van der Waals surface area contributed by atoms with Crippen LogP contribution in [-0.2, 0) is 9.53 Å². The Kier molecular flexibility index (Phi) is 6.97. The molecule has 0 aliphatic carbocycles. The lowest BCUT2D eigenvalue weighted by molar-refractivity contribution is -0.154. The standard InChI is InChI=1S/C23H33N5O3/c1-15(2)30-17-11-12-19-18(14-17)25-21(22-27-26-16(3)28(19)22)24-13-9-7-8-10-20(29)31-23(4,5)6/h11-12,14-15H,7-10,13H2,1-6H3,(H,24,25). The van der Waals surface area contributed by atoms with Gasteiger partial charge in [-0.05, 0) is 66.5 Å². The Labute approximate surface area is 183 Å². The number of nitrogens with zero attached hydrogens (tertiary/aromatic N) is 4. The summed E-state index contributed by atoms with van der Waals surface area (Å²) in [5.74, 6) is 2.15. The first-order valence-electron chi connectivity index (χ1n) is 10.9. The lowest BCUT2D eigenvalue weighted by Crippen LogP contribution is -2.23. The van der Waals surface area contributed by atoms with E-state index >= 15 is 0 Å². The number of benzene rings is 1. The van der Waals surface area contributed by atoms with Gasteiger partial charge in [0, 0.05) is 19.0 Å². The fraction of sp³-hybridized carbons (Fsp3) is 0.565. The van der Waals surface area contributed by atoms with Crippen LogP contribution >= 0.6 is 0 Å². The van der Waals surface area contributed by atoms with E-state index < -0.39 is 5.60 Å². The topological polar surface area (TPSA) is 90.6 Å². The number of fused-ring (bicyclic) bond motifs is 3. The minimum atomic E-state index is -0.428. The van der Waals surface area contributed by atoms with E-state index in [0.29, 0.717) is 17.9 Å². The van der Waals surface area contributed by atoms with Gasteiger partial charge in [0.2, 0.25) is 5.65 Å². The molecule has 8 nitrogen and oxygen atoms in total. The van der Waals surface area contributed by atoms with E-state index in [2.05, 4.69) is 15.5 Å². The molecule has 0 atom stereocenters. The highest BCUT2D eigenvalue weighted by molar-refractivity contribution is 5.84. The van der Waals surface area contributed by atoms with Crippen LogP contribution in [0.1, 0.15) is 66.1 Å². The Hall–Kier alpha value is -2.90. The summed E-state index contributed by atoms with van der Waals surface area (Å²) in [7, 11) is 0. The summed E-state index contributed by atoms with van der Waals surface area (Å²) in [6.45, 7) is 12.3. The predicted octanol–water partition coefficient (Wildman–Crippen LogP) is 4.69. The van der Waals surface area contributed by atoms with Gasteiger partial charge in [-0.1, -0.05) is 6.42 Å². The van der Waals surface area contributed by atoms with Gasteiger partial charge < -0.3 is 14.8 Å². The van der Waals surface area contributed by atoms with Gasteiger partial charge in [-0.15, -0.1) is 10.2 Å². The average Bonchev–Trinajstić information content (AvgIpc) is 3.04. The van der Waals surface area contributed by atoms with E-state index in [-0.39, 0.29) is 12.1 Å². The lowest BCUT2D eigenvalue weighted by Gasteiger charge is -2.19. The van der Waals surface area contributed by atoms with Gasteiger partial charge in [0.15, 0.2) is 5.82 Å². The molecule has 1 N–H and O–H groups in total. The van der Waals surface area contributed by atoms with E-state index in [9.17, 15) is 4.79 Å². The molecule has 0 aliphatic heterocycles. The first kappa shape index (κ1) is 22.8. The normalized spacial score (nSPS) is 12.0. The summed E-state index contributed by atoms with van der Waals surface area (Å²) >= 11 is 0. The van der Waals surface area contributed by atoms with Crippen LogP contribution in [0.3, 0.4) is 0 Å². The summed E-state index contributed by atoms with van der Waals surface area (Å²) in [5.41, 5.74) is 2.04. The number of hydrogen-bond donors (Lipinski definition) is 1. The maximum absolute atomic E-state index is 11.8. The second-order valence-corrected chi connectivity index (χ2v) is 9.01. The molecule has 1 aromatic carbocycles. The second kappa shape index (κ2) is 9.49. The summed E-state index contributed by atoms with van der Waals surface area (Å²) < 4.78 is 13.2. The third-order valence-corrected chi connectivity index (χ3v) is 4.60. The third-order valence-electron chi connectivity index (χ3n) is 4.60. The maximum atomic E-state index is 11.8. The van der Waals surface area contributed by atoms with Crippen LogP contribution in [0, 0.1) is 6.92 Å². The van der Waals surface area contributed by atoms with Crippen molar-refractivity contribution in [2.75, 3.05) is 11.9 Å². The minimum Gasteiger partial charge on any atom is -0.491 e. The first-order valence-corrected chi connectivity index (χ1v) is 10.9. The van der Waals surface area contributed by atoms with Crippen molar-refractivity contribution in [1.82, 2.24) is 19.6 Å². The van der Waals surface area contributed by atoms with Crippen LogP contribution in [-0.4, -0.2) is 43.8 Å². The molecular formula is C23H33N5O3. The van der Waals surface area contributed by atoms with E-state index in [4.69, 9.17) is 14.5 Å². The summed E-state index contributed by atoms with van der Waals surface area (Å²) in [6, 6.07) is 5.88. The number of rotatable bonds is 9. The molecule has 2 aromatic heterocycles. The molecule has 0 saturated heterocycles. The van der Waals surface area contributed by atoms with Crippen molar-refractivity contribution in [1.29, 1.82) is 0 Å². The molecule has 31 heavy (non-hydrogen) atoms. The van der Waals surface area contributed by atoms with Crippen LogP contribution < -0.4 is 10.1 Å². The molecule has 0 fully saturated rings. The summed E-state index contributed by atoms with van der Waals surface area (Å²) in [5, 5.41) is 11.9. The fourth-order valence-electron chi connectivity index (χ4n) is 3.39. The number of aryl methyl sites for hydroxylation is 1. The van der Waals surface area contributed by atoms with Gasteiger partial charge in [0.05, 0.1) is 17.1 Å². The average molecular weight is 428 g/mol. The van der Waals surface area contributed by atoms with Crippen LogP contribution in [0.2, 0.25) is 0 Å². The highest BCUT2D eigenvalue weighted by Gasteiger charge is 2.16. The molecule has 3 rings (SSSR count). The summed E-state index contributed by atoms with van der Waals surface area (Å²) in [6.07, 6.45) is 3.18. The lowest BCUT2D eigenvalue weighted by atomic mass is 10.1. The van der Waals surface area contributed by atoms with Crippen LogP contribution in [0.5, 0.6) is 5.75 Å². The highest BCUT2D eigenvalue weighted by Crippen LogP contribution is 2.25. The predicted molar refractivity (Wildman–Crippen MR) is 122 cm³/mol. The number of nitrogens with one attached hydrogen (secondary N) is 1. The molecule has 3 aromatic rings. The Morgan fingerprint density at radius 2 is 1.94 bits per heavy atom. The second-order valence-electron chi connectivity index (χ2n) is 9.01. The quantitative estimate of drug-likeness (QED) is 0.391. The zero-order valence-corrected chi connectivity index (χ0v) is 19.4. The Morgan fingerprint density at radius 3 is 2.65 bits per heavy atom. The molecule has 0 radical (unpaired) electrons. The molecule has 0 amide bonds. The van der Waals surface area contributed by atoms with Gasteiger partial charge in [-0.3, -0.25) is 9.20 Å². The van der Waals surface area contributed by atoms with Crippen LogP contribution in [0.4, 0.5) is 5.82 Å². The first-order chi connectivity index (χ1) is 14.6. The number of anilines is 1. The molecule has 0 aliphatic rings. The van der Waals surface area contributed by atoms with Crippen molar-refractivity contribution >= 4 is 28.5 Å². The smallest absolute Gasteiger partial charge is 0.306 e. The van der Waals surface area contributed by atoms with Crippen LogP contribution in [0.15, 0.2) is 18.2 Å². The van der Waals surface area contributed by atoms with E-state index in [1.807, 2.05) is 64.1 Å².